The number of Topliss-reactive ketones (excluding diaryl/α,β-unsaturated/α-hetero) is 1. The molecule has 1 rings (SSSR count). The minimum absolute atomic E-state index is 0.108. The number of ether oxygens (including phenoxy) is 1. The molecule has 0 heterocycles. The molecule has 0 saturated heterocycles. The minimum atomic E-state index is -0.384. The van der Waals surface area contributed by atoms with E-state index in [4.69, 9.17) is 10.6 Å². The third-order valence-electron chi connectivity index (χ3n) is 2.22. The molecule has 0 bridgehead atoms. The molecule has 92 valence electrons. The first kappa shape index (κ1) is 13.2. The maximum Gasteiger partial charge on any atom is 0.271 e. The van der Waals surface area contributed by atoms with Gasteiger partial charge < -0.3 is 9.53 Å². The van der Waals surface area contributed by atoms with E-state index in [1.165, 1.54) is 0 Å². The molecule has 0 fully saturated rings. The fourth-order valence-corrected chi connectivity index (χ4v) is 1.26. The lowest BCUT2D eigenvalue weighted by molar-refractivity contribution is -0.123. The van der Waals surface area contributed by atoms with Gasteiger partial charge in [0.25, 0.3) is 5.91 Å². The number of rotatable bonds is 6. The van der Waals surface area contributed by atoms with Crippen LogP contribution in [0.2, 0.25) is 0 Å². The molecular weight excluding hydrogens is 220 g/mol. The highest BCUT2D eigenvalue weighted by molar-refractivity contribution is 5.76. The number of ketones is 1. The van der Waals surface area contributed by atoms with E-state index >= 15 is 0 Å². The number of carbonyl (C=O) groups is 2. The maximum absolute atomic E-state index is 10.8. The summed E-state index contributed by atoms with van der Waals surface area (Å²) in [6.45, 7) is 1.46. The molecule has 5 nitrogen and oxygen atoms in total. The van der Waals surface area contributed by atoms with Gasteiger partial charge in [0.2, 0.25) is 0 Å². The summed E-state index contributed by atoms with van der Waals surface area (Å²) in [5, 5.41) is 0. The lowest BCUT2D eigenvalue weighted by Crippen LogP contribution is -2.34. The molecule has 1 aromatic carbocycles. The third-order valence-corrected chi connectivity index (χ3v) is 2.22. The molecule has 0 atom stereocenters. The number of nitrogens with two attached hydrogens (primary N) is 1. The van der Waals surface area contributed by atoms with E-state index in [-0.39, 0.29) is 18.3 Å². The van der Waals surface area contributed by atoms with E-state index in [1.54, 1.807) is 19.1 Å². The van der Waals surface area contributed by atoms with Gasteiger partial charge in [-0.15, -0.1) is 0 Å². The number of hydrazine groups is 1. The molecular formula is C12H16N2O3. The monoisotopic (exact) mass is 236 g/mol. The van der Waals surface area contributed by atoms with Crippen LogP contribution in [0.25, 0.3) is 0 Å². The van der Waals surface area contributed by atoms with Crippen LogP contribution in [0.3, 0.4) is 0 Å². The van der Waals surface area contributed by atoms with Gasteiger partial charge in [-0.25, -0.2) is 5.84 Å². The van der Waals surface area contributed by atoms with Crippen molar-refractivity contribution in [2.24, 2.45) is 5.84 Å². The van der Waals surface area contributed by atoms with Gasteiger partial charge >= 0.3 is 0 Å². The van der Waals surface area contributed by atoms with E-state index in [0.717, 1.165) is 12.0 Å². The third kappa shape index (κ3) is 5.12. The highest BCUT2D eigenvalue weighted by Gasteiger charge is 2.01. The van der Waals surface area contributed by atoms with Crippen LogP contribution in [0.4, 0.5) is 0 Å². The van der Waals surface area contributed by atoms with Crippen molar-refractivity contribution in [3.63, 3.8) is 0 Å². The lowest BCUT2D eigenvalue weighted by Gasteiger charge is -2.05. The zero-order chi connectivity index (χ0) is 12.7. The zero-order valence-corrected chi connectivity index (χ0v) is 9.73. The fraction of sp³-hybridized carbons (Fsp3) is 0.333. The fourth-order valence-electron chi connectivity index (χ4n) is 1.26. The molecule has 0 aromatic heterocycles. The average molecular weight is 236 g/mol. The van der Waals surface area contributed by atoms with Crippen LogP contribution >= 0.6 is 0 Å². The minimum Gasteiger partial charge on any atom is -0.484 e. The summed E-state index contributed by atoms with van der Waals surface area (Å²) in [5.41, 5.74) is 3.04. The van der Waals surface area contributed by atoms with Gasteiger partial charge in [-0.05, 0) is 31.0 Å². The van der Waals surface area contributed by atoms with Gasteiger partial charge in [-0.2, -0.15) is 0 Å². The Balaban J connectivity index is 2.44. The van der Waals surface area contributed by atoms with Crippen molar-refractivity contribution >= 4 is 11.7 Å². The first-order chi connectivity index (χ1) is 8.11. The van der Waals surface area contributed by atoms with Crippen LogP contribution < -0.4 is 16.0 Å². The van der Waals surface area contributed by atoms with E-state index in [0.29, 0.717) is 12.2 Å². The summed E-state index contributed by atoms with van der Waals surface area (Å²) < 4.78 is 5.18. The van der Waals surface area contributed by atoms with Crippen LogP contribution in [-0.2, 0) is 16.0 Å². The first-order valence-corrected chi connectivity index (χ1v) is 5.32. The number of amides is 1. The van der Waals surface area contributed by atoms with Crippen molar-refractivity contribution in [3.05, 3.63) is 29.8 Å². The van der Waals surface area contributed by atoms with Gasteiger partial charge in [-0.1, -0.05) is 12.1 Å². The Morgan fingerprint density at radius 3 is 2.47 bits per heavy atom. The van der Waals surface area contributed by atoms with Crippen molar-refractivity contribution in [1.82, 2.24) is 5.43 Å². The van der Waals surface area contributed by atoms with E-state index in [1.807, 2.05) is 17.6 Å². The summed E-state index contributed by atoms with van der Waals surface area (Å²) in [6, 6.07) is 7.27. The lowest BCUT2D eigenvalue weighted by atomic mass is 10.1. The molecule has 0 saturated carbocycles. The van der Waals surface area contributed by atoms with Gasteiger partial charge in [0.1, 0.15) is 11.5 Å². The SMILES string of the molecule is CC(=O)CCc1ccc(OCC(=O)NN)cc1. The van der Waals surface area contributed by atoms with Crippen LogP contribution in [0, 0.1) is 0 Å². The van der Waals surface area contributed by atoms with E-state index in [2.05, 4.69) is 0 Å². The smallest absolute Gasteiger partial charge is 0.271 e. The molecule has 0 aliphatic heterocycles. The number of carbonyl (C=O) groups excluding carboxylic acids is 2. The predicted octanol–water partition coefficient (Wildman–Crippen LogP) is 0.577. The first-order valence-electron chi connectivity index (χ1n) is 5.32. The average Bonchev–Trinajstić information content (AvgIpc) is 2.34. The molecule has 0 unspecified atom stereocenters. The molecule has 0 aliphatic carbocycles. The van der Waals surface area contributed by atoms with E-state index in [9.17, 15) is 9.59 Å². The van der Waals surface area contributed by atoms with Crippen molar-refractivity contribution in [1.29, 1.82) is 0 Å². The van der Waals surface area contributed by atoms with Gasteiger partial charge in [0, 0.05) is 6.42 Å². The Bertz CT molecular complexity index is 387. The highest BCUT2D eigenvalue weighted by Crippen LogP contribution is 2.13. The molecule has 0 spiro atoms. The second-order valence-electron chi connectivity index (χ2n) is 3.70. The summed E-state index contributed by atoms with van der Waals surface area (Å²) >= 11 is 0. The summed E-state index contributed by atoms with van der Waals surface area (Å²) in [5.74, 6) is 5.30. The largest absolute Gasteiger partial charge is 0.484 e. The van der Waals surface area contributed by atoms with Crippen molar-refractivity contribution in [3.8, 4) is 5.75 Å². The molecule has 0 radical (unpaired) electrons. The Labute approximate surface area is 99.9 Å². The Hall–Kier alpha value is -1.88. The Morgan fingerprint density at radius 1 is 1.29 bits per heavy atom. The number of nitrogens with one attached hydrogen (secondary N) is 1. The standard InChI is InChI=1S/C12H16N2O3/c1-9(15)2-3-10-4-6-11(7-5-10)17-8-12(16)14-13/h4-7H,2-3,8,13H2,1H3,(H,14,16). The van der Waals surface area contributed by atoms with Crippen molar-refractivity contribution in [2.45, 2.75) is 19.8 Å². The van der Waals surface area contributed by atoms with E-state index < -0.39 is 0 Å². The molecule has 3 N–H and O–H groups in total. The maximum atomic E-state index is 10.8. The zero-order valence-electron chi connectivity index (χ0n) is 9.73. The van der Waals surface area contributed by atoms with Crippen LogP contribution in [0.15, 0.2) is 24.3 Å². The molecule has 17 heavy (non-hydrogen) atoms. The second-order valence-corrected chi connectivity index (χ2v) is 3.70. The Morgan fingerprint density at radius 2 is 1.94 bits per heavy atom. The molecule has 1 amide bonds. The normalized spacial score (nSPS) is 9.76. The summed E-state index contributed by atoms with van der Waals surface area (Å²) in [7, 11) is 0. The summed E-state index contributed by atoms with van der Waals surface area (Å²) in [4.78, 5) is 21.6. The molecule has 5 heteroatoms. The number of hydrogen-bond donors (Lipinski definition) is 2. The van der Waals surface area contributed by atoms with Crippen LogP contribution in [0.1, 0.15) is 18.9 Å². The molecule has 1 aromatic rings. The van der Waals surface area contributed by atoms with Gasteiger partial charge in [-0.3, -0.25) is 10.2 Å². The number of benzene rings is 1. The number of aryl methyl sites for hydroxylation is 1. The van der Waals surface area contributed by atoms with Crippen LogP contribution in [-0.4, -0.2) is 18.3 Å². The van der Waals surface area contributed by atoms with Crippen molar-refractivity contribution in [2.75, 3.05) is 6.61 Å². The quantitative estimate of drug-likeness (QED) is 0.430. The topological polar surface area (TPSA) is 81.4 Å². The summed E-state index contributed by atoms with van der Waals surface area (Å²) in [6.07, 6.45) is 1.26. The van der Waals surface area contributed by atoms with Crippen molar-refractivity contribution < 1.29 is 14.3 Å². The molecule has 0 aliphatic rings. The van der Waals surface area contributed by atoms with Gasteiger partial charge in [0.05, 0.1) is 0 Å². The second kappa shape index (κ2) is 6.65. The Kier molecular flexibility index (Phi) is 5.16. The predicted molar refractivity (Wildman–Crippen MR) is 63.3 cm³/mol. The van der Waals surface area contributed by atoms with Gasteiger partial charge in [0.15, 0.2) is 6.61 Å². The van der Waals surface area contributed by atoms with Crippen LogP contribution in [0.5, 0.6) is 5.75 Å². The highest BCUT2D eigenvalue weighted by atomic mass is 16.5. The number of hydrogen-bond acceptors (Lipinski definition) is 4.